The number of ether oxygens (including phenoxy) is 1. The van der Waals surface area contributed by atoms with Crippen LogP contribution in [0.1, 0.15) is 44.7 Å². The van der Waals surface area contributed by atoms with Gasteiger partial charge in [-0.05, 0) is 67.4 Å². The number of aromatic nitrogens is 2. The maximum atomic E-state index is 11.6. The fraction of sp³-hybridized carbons (Fsp3) is 0.306. The van der Waals surface area contributed by atoms with Crippen molar-refractivity contribution in [2.75, 3.05) is 55.2 Å². The van der Waals surface area contributed by atoms with Crippen molar-refractivity contribution < 1.29 is 24.5 Å². The highest BCUT2D eigenvalue weighted by Crippen LogP contribution is 2.31. The largest absolute Gasteiger partial charge is 0.478 e. The number of hydrogen-bond acceptors (Lipinski definition) is 11. The zero-order valence-electron chi connectivity index (χ0n) is 26.8. The molecule has 4 heterocycles. The van der Waals surface area contributed by atoms with Gasteiger partial charge in [0.25, 0.3) is 0 Å². The monoisotopic (exact) mass is 662 g/mol. The molecule has 3 aliphatic heterocycles. The second-order valence-electron chi connectivity index (χ2n) is 12.8. The van der Waals surface area contributed by atoms with E-state index in [1.165, 1.54) is 18.5 Å². The molecule has 3 aliphatic rings. The average molecular weight is 663 g/mol. The van der Waals surface area contributed by atoms with E-state index in [0.717, 1.165) is 63.5 Å². The van der Waals surface area contributed by atoms with Crippen molar-refractivity contribution in [3.63, 3.8) is 0 Å². The van der Waals surface area contributed by atoms with Crippen LogP contribution in [-0.4, -0.2) is 105 Å². The maximum Gasteiger partial charge on any atom is 0.336 e. The van der Waals surface area contributed by atoms with Gasteiger partial charge >= 0.3 is 11.9 Å². The number of carbonyl (C=O) groups is 2. The number of para-hydroxylation sites is 1. The van der Waals surface area contributed by atoms with Crippen LogP contribution in [0, 0.1) is 5.41 Å². The van der Waals surface area contributed by atoms with Crippen LogP contribution in [0.3, 0.4) is 0 Å². The summed E-state index contributed by atoms with van der Waals surface area (Å²) in [7, 11) is 0. The SMILES string of the molecule is N=C(c1ccc(Oc2ccccc2)cc1)c1c(N)ncnc1NC1CCN(C2CN(C3CN(c4ccc(C(=O)O)c(C(=O)O)c4)C3)C2)CC1. The first-order chi connectivity index (χ1) is 23.7. The lowest BCUT2D eigenvalue weighted by molar-refractivity contribution is -0.0116. The molecule has 1 aromatic heterocycles. The highest BCUT2D eigenvalue weighted by molar-refractivity contribution is 6.16. The smallest absolute Gasteiger partial charge is 0.336 e. The molecule has 0 amide bonds. The quantitative estimate of drug-likeness (QED) is 0.145. The molecule has 3 aromatic carbocycles. The summed E-state index contributed by atoms with van der Waals surface area (Å²) < 4.78 is 5.90. The third kappa shape index (κ3) is 6.76. The van der Waals surface area contributed by atoms with Crippen molar-refractivity contribution in [2.24, 2.45) is 0 Å². The minimum Gasteiger partial charge on any atom is -0.478 e. The summed E-state index contributed by atoms with van der Waals surface area (Å²) in [5, 5.41) is 31.3. The van der Waals surface area contributed by atoms with E-state index in [0.29, 0.717) is 34.8 Å². The minimum absolute atomic E-state index is 0.187. The van der Waals surface area contributed by atoms with Crippen LogP contribution >= 0.6 is 0 Å². The molecule has 3 fully saturated rings. The fourth-order valence-electron chi connectivity index (χ4n) is 6.82. The lowest BCUT2D eigenvalue weighted by Crippen LogP contribution is -2.70. The van der Waals surface area contributed by atoms with E-state index in [1.807, 2.05) is 54.6 Å². The molecule has 13 nitrogen and oxygen atoms in total. The molecule has 13 heteroatoms. The Morgan fingerprint density at radius 1 is 0.816 bits per heavy atom. The Bertz CT molecular complexity index is 1850. The van der Waals surface area contributed by atoms with Gasteiger partial charge in [-0.1, -0.05) is 18.2 Å². The third-order valence-corrected chi connectivity index (χ3v) is 9.73. The van der Waals surface area contributed by atoms with Gasteiger partial charge in [0.2, 0.25) is 0 Å². The van der Waals surface area contributed by atoms with Gasteiger partial charge in [0.15, 0.2) is 0 Å². The highest BCUT2D eigenvalue weighted by atomic mass is 16.5. The Morgan fingerprint density at radius 2 is 1.47 bits per heavy atom. The number of anilines is 3. The van der Waals surface area contributed by atoms with Crippen LogP contribution in [0.15, 0.2) is 79.1 Å². The van der Waals surface area contributed by atoms with E-state index in [2.05, 4.69) is 30.0 Å². The van der Waals surface area contributed by atoms with Gasteiger partial charge in [0.1, 0.15) is 29.5 Å². The number of rotatable bonds is 11. The summed E-state index contributed by atoms with van der Waals surface area (Å²) in [5.41, 5.74) is 8.07. The van der Waals surface area contributed by atoms with Crippen molar-refractivity contribution in [1.29, 1.82) is 5.41 Å². The van der Waals surface area contributed by atoms with Crippen molar-refractivity contribution >= 4 is 35.0 Å². The highest BCUT2D eigenvalue weighted by Gasteiger charge is 2.42. The second-order valence-corrected chi connectivity index (χ2v) is 12.8. The number of nitrogen functional groups attached to an aromatic ring is 1. The van der Waals surface area contributed by atoms with E-state index >= 15 is 0 Å². The zero-order chi connectivity index (χ0) is 34.1. The summed E-state index contributed by atoms with van der Waals surface area (Å²) in [6.07, 6.45) is 3.31. The Balaban J connectivity index is 0.891. The number of likely N-dealkylation sites (tertiary alicyclic amines) is 2. The maximum absolute atomic E-state index is 11.6. The van der Waals surface area contributed by atoms with E-state index < -0.39 is 11.9 Å². The van der Waals surface area contributed by atoms with Crippen molar-refractivity contribution in [3.8, 4) is 11.5 Å². The molecule has 0 saturated carbocycles. The number of hydrogen-bond donors (Lipinski definition) is 5. The molecule has 0 bridgehead atoms. The van der Waals surface area contributed by atoms with Crippen LogP contribution in [0.4, 0.5) is 17.3 Å². The number of nitrogens with two attached hydrogens (primary N) is 1. The van der Waals surface area contributed by atoms with Gasteiger partial charge in [0, 0.05) is 68.6 Å². The number of carboxylic acid groups (broad SMARTS) is 2. The zero-order valence-corrected chi connectivity index (χ0v) is 26.8. The number of nitrogens with one attached hydrogen (secondary N) is 2. The molecule has 7 rings (SSSR count). The summed E-state index contributed by atoms with van der Waals surface area (Å²) in [6, 6.07) is 22.5. The van der Waals surface area contributed by atoms with Crippen LogP contribution in [0.5, 0.6) is 11.5 Å². The average Bonchev–Trinajstić information content (AvgIpc) is 3.06. The molecular weight excluding hydrogens is 624 g/mol. The molecule has 49 heavy (non-hydrogen) atoms. The Labute approximate surface area is 283 Å². The van der Waals surface area contributed by atoms with Crippen molar-refractivity contribution in [1.82, 2.24) is 19.8 Å². The fourth-order valence-corrected chi connectivity index (χ4v) is 6.82. The Kier molecular flexibility index (Phi) is 8.85. The van der Waals surface area contributed by atoms with Gasteiger partial charge in [-0.2, -0.15) is 0 Å². The molecule has 6 N–H and O–H groups in total. The Morgan fingerprint density at radius 3 is 2.14 bits per heavy atom. The molecular formula is C36H38N8O5. The van der Waals surface area contributed by atoms with Gasteiger partial charge in [-0.25, -0.2) is 19.6 Å². The first-order valence-electron chi connectivity index (χ1n) is 16.4. The van der Waals surface area contributed by atoms with E-state index in [9.17, 15) is 19.8 Å². The summed E-state index contributed by atoms with van der Waals surface area (Å²) in [6.45, 7) is 5.47. The van der Waals surface area contributed by atoms with E-state index in [4.69, 9.17) is 15.9 Å². The van der Waals surface area contributed by atoms with Gasteiger partial charge in [-0.15, -0.1) is 0 Å². The molecule has 0 spiro atoms. The first kappa shape index (κ1) is 32.0. The number of piperidine rings is 1. The summed E-state index contributed by atoms with van der Waals surface area (Å²) in [4.78, 5) is 38.7. The van der Waals surface area contributed by atoms with E-state index in [1.54, 1.807) is 6.07 Å². The lowest BCUT2D eigenvalue weighted by Gasteiger charge is -2.55. The summed E-state index contributed by atoms with van der Waals surface area (Å²) in [5.74, 6) is -0.237. The van der Waals surface area contributed by atoms with Crippen LogP contribution in [0.25, 0.3) is 0 Å². The van der Waals surface area contributed by atoms with Crippen molar-refractivity contribution in [2.45, 2.75) is 31.0 Å². The molecule has 0 atom stereocenters. The normalized spacial score (nSPS) is 17.6. The molecule has 0 radical (unpaired) electrons. The Hall–Kier alpha value is -5.53. The van der Waals surface area contributed by atoms with Crippen molar-refractivity contribution in [3.05, 3.63) is 101 Å². The van der Waals surface area contributed by atoms with Gasteiger partial charge < -0.3 is 30.9 Å². The van der Waals surface area contributed by atoms with Gasteiger partial charge in [-0.3, -0.25) is 15.2 Å². The van der Waals surface area contributed by atoms with E-state index in [-0.39, 0.29) is 28.7 Å². The predicted octanol–water partition coefficient (Wildman–Crippen LogP) is 4.11. The topological polar surface area (TPSA) is 181 Å². The standard InChI is InChI=1S/C36H38N8O5/c37-32(22-6-9-28(10-7-22)49-27-4-2-1-3-5-27)31-33(38)39-21-40-34(31)41-23-12-14-42(15-13-23)25-17-44(18-25)26-19-43(20-26)24-8-11-29(35(45)46)30(16-24)36(47)48/h1-11,16,21,23,25-26,37H,12-15,17-20H2,(H,45,46)(H,47,48)(H3,38,39,40,41). The lowest BCUT2D eigenvalue weighted by atomic mass is 9.95. The third-order valence-electron chi connectivity index (χ3n) is 9.73. The molecule has 252 valence electrons. The second kappa shape index (κ2) is 13.5. The number of carboxylic acids is 2. The minimum atomic E-state index is -1.24. The van der Waals surface area contributed by atoms with Crippen LogP contribution < -0.4 is 20.7 Å². The van der Waals surface area contributed by atoms with Gasteiger partial charge in [0.05, 0.1) is 22.4 Å². The first-order valence-corrected chi connectivity index (χ1v) is 16.4. The van der Waals surface area contributed by atoms with Crippen LogP contribution in [-0.2, 0) is 0 Å². The number of aromatic carboxylic acids is 2. The molecule has 4 aromatic rings. The number of benzene rings is 3. The molecule has 3 saturated heterocycles. The molecule has 0 aliphatic carbocycles. The predicted molar refractivity (Wildman–Crippen MR) is 185 cm³/mol. The molecule has 0 unspecified atom stereocenters. The van der Waals surface area contributed by atoms with Crippen LogP contribution in [0.2, 0.25) is 0 Å². The summed E-state index contributed by atoms with van der Waals surface area (Å²) >= 11 is 0. The number of nitrogens with zero attached hydrogens (tertiary/aromatic N) is 5.